The number of nitrogens with zero attached hydrogens (tertiary/aromatic N) is 4. The summed E-state index contributed by atoms with van der Waals surface area (Å²) in [6.07, 6.45) is 0. The van der Waals surface area contributed by atoms with Gasteiger partial charge < -0.3 is 68.5 Å². The predicted octanol–water partition coefficient (Wildman–Crippen LogP) is -4.80. The highest BCUT2D eigenvalue weighted by atomic mass is 35.5. The summed E-state index contributed by atoms with van der Waals surface area (Å²) in [6, 6.07) is 0. The van der Waals surface area contributed by atoms with Crippen LogP contribution in [0, 0.1) is 0 Å². The van der Waals surface area contributed by atoms with Crippen LogP contribution in [-0.4, -0.2) is 179 Å². The van der Waals surface area contributed by atoms with E-state index in [4.69, 9.17) is 38.2 Å². The van der Waals surface area contributed by atoms with Gasteiger partial charge in [-0.1, -0.05) is 0 Å². The molecule has 0 amide bonds. The fraction of sp³-hybridized carbons (Fsp3) is 0.857. The summed E-state index contributed by atoms with van der Waals surface area (Å²) >= 11 is 0. The molecule has 0 aliphatic carbocycles. The minimum Gasteiger partial charge on any atom is -1.00 e. The number of quaternary nitrogens is 4. The lowest BCUT2D eigenvalue weighted by molar-refractivity contribution is -0.870. The summed E-state index contributed by atoms with van der Waals surface area (Å²) in [4.78, 5) is 66.8. The molecule has 0 atom stereocenters. The molecule has 0 fully saturated rings. The van der Waals surface area contributed by atoms with Crippen molar-refractivity contribution in [2.45, 2.75) is 27.7 Å². The molecular weight excluding hydrogens is 651 g/mol. The molecule has 18 heteroatoms. The Morgan fingerprint density at radius 1 is 0.435 bits per heavy atom. The van der Waals surface area contributed by atoms with E-state index in [2.05, 4.69) is 84.6 Å². The van der Waals surface area contributed by atoms with Crippen LogP contribution in [0.3, 0.4) is 0 Å². The third-order valence-corrected chi connectivity index (χ3v) is 4.27. The van der Waals surface area contributed by atoms with Gasteiger partial charge in [-0.3, -0.25) is 19.2 Å². The molecule has 280 valence electrons. The molecule has 0 N–H and O–H groups in total. The largest absolute Gasteiger partial charge is 1.00 e. The van der Waals surface area contributed by atoms with Gasteiger partial charge in [-0.05, 0) is 0 Å². The van der Waals surface area contributed by atoms with Gasteiger partial charge in [-0.15, -0.1) is 0 Å². The molecule has 0 radical (unpaired) electrons. The Kier molecular flexibility index (Phi) is 34.6. The first-order valence-corrected chi connectivity index (χ1v) is 15.6. The van der Waals surface area contributed by atoms with Crippen molar-refractivity contribution in [3.05, 3.63) is 0 Å². The van der Waals surface area contributed by atoms with E-state index >= 15 is 0 Å². The van der Waals surface area contributed by atoms with E-state index in [-0.39, 0.29) is 36.3 Å². The molecule has 0 aromatic heterocycles. The molecule has 0 heterocycles. The van der Waals surface area contributed by atoms with Crippen molar-refractivity contribution in [1.82, 2.24) is 0 Å². The van der Waals surface area contributed by atoms with E-state index in [1.807, 2.05) is 0 Å². The summed E-state index contributed by atoms with van der Waals surface area (Å²) in [5.74, 6) is -0.802. The van der Waals surface area contributed by atoms with Gasteiger partial charge >= 0.3 is 23.9 Å². The molecule has 0 aromatic rings. The lowest BCUT2D eigenvalue weighted by Gasteiger charge is -2.36. The fourth-order valence-electron chi connectivity index (χ4n) is 1.85. The van der Waals surface area contributed by atoms with Crippen molar-refractivity contribution >= 4 is 31.7 Å². The number of halogens is 1. The number of rotatable bonds is 12. The second-order valence-electron chi connectivity index (χ2n) is 13.9. The van der Waals surface area contributed by atoms with E-state index in [0.717, 1.165) is 44.1 Å². The molecule has 0 spiro atoms. The Labute approximate surface area is 284 Å². The third kappa shape index (κ3) is 104. The zero-order valence-corrected chi connectivity index (χ0v) is 32.8. The van der Waals surface area contributed by atoms with E-state index < -0.39 is 7.82 Å². The van der Waals surface area contributed by atoms with Crippen molar-refractivity contribution in [2.24, 2.45) is 0 Å². The van der Waals surface area contributed by atoms with Crippen molar-refractivity contribution in [3.8, 4) is 0 Å². The fourth-order valence-corrected chi connectivity index (χ4v) is 1.85. The molecule has 0 aromatic carbocycles. The normalized spacial score (nSPS) is 11.0. The molecule has 16 nitrogen and oxygen atoms in total. The number of hydrogen-bond donors (Lipinski definition) is 0. The summed E-state index contributed by atoms with van der Waals surface area (Å²) in [5.41, 5.74) is 0. The maximum atomic E-state index is 10.3. The molecule has 0 bridgehead atoms. The van der Waals surface area contributed by atoms with Crippen LogP contribution in [0.15, 0.2) is 0 Å². The Hall–Kier alpha value is -1.88. The predicted molar refractivity (Wildman–Crippen MR) is 166 cm³/mol. The Morgan fingerprint density at radius 3 is 0.609 bits per heavy atom. The van der Waals surface area contributed by atoms with Crippen LogP contribution in [0.5, 0.6) is 0 Å². The second kappa shape index (κ2) is 28.2. The first-order valence-electron chi connectivity index (χ1n) is 14.1. The van der Waals surface area contributed by atoms with Crippen LogP contribution in [0.1, 0.15) is 27.7 Å². The summed E-state index contributed by atoms with van der Waals surface area (Å²) in [6.45, 7) is 11.2. The molecule has 0 rings (SSSR count). The first kappa shape index (κ1) is 56.5. The van der Waals surface area contributed by atoms with Gasteiger partial charge in [0.05, 0.1) is 84.6 Å². The average Bonchev–Trinajstić information content (AvgIpc) is 2.69. The Bertz CT molecular complexity index is 732. The lowest BCUT2D eigenvalue weighted by Crippen LogP contribution is -3.00. The maximum absolute atomic E-state index is 10.3. The van der Waals surface area contributed by atoms with Crippen LogP contribution >= 0.6 is 7.82 Å². The van der Waals surface area contributed by atoms with E-state index in [0.29, 0.717) is 26.4 Å². The third-order valence-electron chi connectivity index (χ3n) is 4.27. The van der Waals surface area contributed by atoms with Crippen LogP contribution in [-0.2, 0) is 42.7 Å². The number of ether oxygens (including phenoxy) is 4. The molecule has 0 aliphatic heterocycles. The van der Waals surface area contributed by atoms with Crippen molar-refractivity contribution < 1.29 is 87.7 Å². The number of likely N-dealkylation sites (N-methyl/N-ethyl adjacent to an activating group) is 4. The zero-order valence-electron chi connectivity index (χ0n) is 31.2. The Balaban J connectivity index is -0.000000110. The number of carbonyl (C=O) groups excluding carboxylic acids is 4. The smallest absolute Gasteiger partial charge is 0.302 e. The van der Waals surface area contributed by atoms with Gasteiger partial charge in [-0.2, -0.15) is 7.82 Å². The van der Waals surface area contributed by atoms with Gasteiger partial charge in [0.15, 0.2) is 0 Å². The standard InChI is InChI=1S/4C7H16NO2.ClH.H3O4P/c4*1-7(9)10-6-5-8(2,3)4;;1-5(2,3)4/h4*5-6H2,1-4H3;1H;(H3,1,2,3,4)/q4*+1;;/p-4. The van der Waals surface area contributed by atoms with Crippen LogP contribution in [0.4, 0.5) is 0 Å². The quantitative estimate of drug-likeness (QED) is 0.0813. The SMILES string of the molecule is CC(=O)OCC[N+](C)(C)C.CC(=O)OCC[N+](C)(C)C.CC(=O)OCC[N+](C)(C)C.CC(=O)OCC[N+](C)(C)C.O=P([O-])([O-])[O-].[Cl-]. The van der Waals surface area contributed by atoms with Gasteiger partial charge in [0.2, 0.25) is 0 Å². The molecule has 46 heavy (non-hydrogen) atoms. The van der Waals surface area contributed by atoms with Gasteiger partial charge in [0.1, 0.15) is 52.6 Å². The van der Waals surface area contributed by atoms with Crippen LogP contribution in [0.2, 0.25) is 0 Å². The number of hydrogen-bond acceptors (Lipinski definition) is 12. The van der Waals surface area contributed by atoms with Crippen LogP contribution < -0.4 is 27.1 Å². The van der Waals surface area contributed by atoms with Gasteiger partial charge in [-0.25, -0.2) is 0 Å². The average molecular weight is 715 g/mol. The lowest BCUT2D eigenvalue weighted by atomic mass is 10.5. The molecular formula is C28H64ClN4O12P. The molecule has 0 saturated heterocycles. The number of esters is 4. The number of phosphoric acid groups is 1. The summed E-state index contributed by atoms with van der Waals surface area (Å²) in [5, 5.41) is 0. The maximum Gasteiger partial charge on any atom is 0.302 e. The van der Waals surface area contributed by atoms with Crippen molar-refractivity contribution in [1.29, 1.82) is 0 Å². The highest BCUT2D eigenvalue weighted by Gasteiger charge is 2.08. The first-order chi connectivity index (χ1) is 19.7. The minimum absolute atomic E-state index is 0. The van der Waals surface area contributed by atoms with Crippen molar-refractivity contribution in [3.63, 3.8) is 0 Å². The highest BCUT2D eigenvalue weighted by molar-refractivity contribution is 7.40. The summed E-state index contributed by atoms with van der Waals surface area (Å²) in [7, 11) is 19.3. The zero-order chi connectivity index (χ0) is 37.3. The monoisotopic (exact) mass is 714 g/mol. The number of carbonyl (C=O) groups is 4. The van der Waals surface area contributed by atoms with E-state index in [1.165, 1.54) is 27.7 Å². The molecule has 0 saturated carbocycles. The topological polar surface area (TPSA) is 191 Å². The molecule has 0 unspecified atom stereocenters. The van der Waals surface area contributed by atoms with Gasteiger partial charge in [0.25, 0.3) is 0 Å². The van der Waals surface area contributed by atoms with Crippen molar-refractivity contribution in [2.75, 3.05) is 137 Å². The second-order valence-corrected chi connectivity index (χ2v) is 14.8. The minimum atomic E-state index is -5.39. The summed E-state index contributed by atoms with van der Waals surface area (Å²) < 4.78 is 30.9. The molecule has 0 aliphatic rings. The van der Waals surface area contributed by atoms with Gasteiger partial charge in [0, 0.05) is 27.7 Å². The van der Waals surface area contributed by atoms with Crippen LogP contribution in [0.25, 0.3) is 0 Å². The van der Waals surface area contributed by atoms with E-state index in [9.17, 15) is 19.2 Å². The van der Waals surface area contributed by atoms with E-state index in [1.54, 1.807) is 0 Å². The Morgan fingerprint density at radius 2 is 0.543 bits per heavy atom. The highest BCUT2D eigenvalue weighted by Crippen LogP contribution is 2.03.